The van der Waals surface area contributed by atoms with Gasteiger partial charge in [-0.05, 0) is 19.3 Å². The van der Waals surface area contributed by atoms with E-state index in [-0.39, 0.29) is 5.92 Å². The highest BCUT2D eigenvalue weighted by molar-refractivity contribution is 7.91. The first-order chi connectivity index (χ1) is 5.32. The van der Waals surface area contributed by atoms with E-state index in [0.29, 0.717) is 6.42 Å². The van der Waals surface area contributed by atoms with Gasteiger partial charge in [0.25, 0.3) is 0 Å². The second-order valence-electron chi connectivity index (χ2n) is 3.77. The summed E-state index contributed by atoms with van der Waals surface area (Å²) in [5.41, 5.74) is -0.928. The minimum Gasteiger partial charge on any atom is -0.388 e. The third-order valence-corrected chi connectivity index (χ3v) is 4.65. The van der Waals surface area contributed by atoms with Crippen molar-refractivity contribution in [1.82, 2.24) is 0 Å². The molecule has 0 aromatic heterocycles. The van der Waals surface area contributed by atoms with Crippen LogP contribution in [0, 0.1) is 5.92 Å². The van der Waals surface area contributed by atoms with Crippen LogP contribution in [0.2, 0.25) is 0 Å². The maximum absolute atomic E-state index is 11.1. The van der Waals surface area contributed by atoms with Crippen molar-refractivity contribution in [1.29, 1.82) is 0 Å². The van der Waals surface area contributed by atoms with Crippen LogP contribution in [0.1, 0.15) is 26.7 Å². The van der Waals surface area contributed by atoms with Gasteiger partial charge in [0, 0.05) is 6.26 Å². The van der Waals surface area contributed by atoms with Gasteiger partial charge in [-0.3, -0.25) is 0 Å². The van der Waals surface area contributed by atoms with E-state index < -0.39 is 20.7 Å². The number of aliphatic hydroxyl groups is 1. The van der Waals surface area contributed by atoms with Gasteiger partial charge in [0.2, 0.25) is 0 Å². The maximum Gasteiger partial charge on any atom is 0.152 e. The minimum atomic E-state index is -3.09. The third-order valence-electron chi connectivity index (χ3n) is 2.96. The number of hydrogen-bond acceptors (Lipinski definition) is 3. The minimum absolute atomic E-state index is 0.183. The topological polar surface area (TPSA) is 54.4 Å². The summed E-state index contributed by atoms with van der Waals surface area (Å²) in [6.07, 6.45) is 2.68. The van der Waals surface area contributed by atoms with Crippen LogP contribution in [0.15, 0.2) is 0 Å². The van der Waals surface area contributed by atoms with Crippen molar-refractivity contribution < 1.29 is 13.5 Å². The van der Waals surface area contributed by atoms with Gasteiger partial charge < -0.3 is 5.11 Å². The average Bonchev–Trinajstić information content (AvgIpc) is 2.60. The summed E-state index contributed by atoms with van der Waals surface area (Å²) in [5.74, 6) is 0.183. The van der Waals surface area contributed by atoms with E-state index in [1.165, 1.54) is 6.26 Å². The van der Waals surface area contributed by atoms with E-state index in [0.717, 1.165) is 6.42 Å². The Morgan fingerprint density at radius 1 is 1.67 bits per heavy atom. The molecule has 0 saturated heterocycles. The van der Waals surface area contributed by atoms with Crippen LogP contribution >= 0.6 is 0 Å². The van der Waals surface area contributed by atoms with E-state index in [1.807, 2.05) is 6.92 Å². The fourth-order valence-electron chi connectivity index (χ4n) is 1.70. The zero-order valence-corrected chi connectivity index (χ0v) is 8.56. The molecule has 1 aliphatic carbocycles. The highest BCUT2D eigenvalue weighted by Gasteiger charge is 2.58. The Hall–Kier alpha value is -0.0900. The van der Waals surface area contributed by atoms with Crippen LogP contribution < -0.4 is 0 Å². The standard InChI is InChI=1S/C8H16O3S/c1-4-7-5-8(7,9)6(2)12(3,10)11/h6-7,9H,4-5H2,1-3H3. The van der Waals surface area contributed by atoms with E-state index >= 15 is 0 Å². The largest absolute Gasteiger partial charge is 0.388 e. The molecule has 12 heavy (non-hydrogen) atoms. The fourth-order valence-corrected chi connectivity index (χ4v) is 2.73. The van der Waals surface area contributed by atoms with Gasteiger partial charge in [-0.1, -0.05) is 13.3 Å². The van der Waals surface area contributed by atoms with Crippen LogP contribution in [0.5, 0.6) is 0 Å². The number of hydrogen-bond donors (Lipinski definition) is 1. The van der Waals surface area contributed by atoms with Crippen molar-refractivity contribution in [3.05, 3.63) is 0 Å². The van der Waals surface area contributed by atoms with Crippen molar-refractivity contribution in [2.45, 2.75) is 37.5 Å². The molecule has 3 nitrogen and oxygen atoms in total. The molecule has 72 valence electrons. The highest BCUT2D eigenvalue weighted by Crippen LogP contribution is 2.49. The Labute approximate surface area is 73.7 Å². The SMILES string of the molecule is CCC1CC1(O)C(C)S(C)(=O)=O. The Morgan fingerprint density at radius 2 is 2.17 bits per heavy atom. The Bertz CT molecular complexity index is 270. The first-order valence-electron chi connectivity index (χ1n) is 4.23. The van der Waals surface area contributed by atoms with Crippen LogP contribution in [-0.2, 0) is 9.84 Å². The smallest absolute Gasteiger partial charge is 0.152 e. The lowest BCUT2D eigenvalue weighted by atomic mass is 10.1. The second-order valence-corrected chi connectivity index (χ2v) is 6.14. The molecular weight excluding hydrogens is 176 g/mol. The molecule has 1 N–H and O–H groups in total. The van der Waals surface area contributed by atoms with Crippen LogP contribution in [0.3, 0.4) is 0 Å². The Balaban J connectivity index is 2.74. The van der Waals surface area contributed by atoms with Crippen molar-refractivity contribution >= 4 is 9.84 Å². The molecule has 0 aromatic carbocycles. The van der Waals surface area contributed by atoms with Gasteiger partial charge in [-0.2, -0.15) is 0 Å². The molecule has 0 aromatic rings. The summed E-state index contributed by atoms with van der Waals surface area (Å²) < 4.78 is 22.2. The van der Waals surface area contributed by atoms with E-state index in [9.17, 15) is 13.5 Å². The van der Waals surface area contributed by atoms with Crippen molar-refractivity contribution in [2.24, 2.45) is 5.92 Å². The molecule has 0 amide bonds. The Morgan fingerprint density at radius 3 is 2.42 bits per heavy atom. The van der Waals surface area contributed by atoms with Gasteiger partial charge in [0.05, 0.1) is 10.9 Å². The Kier molecular flexibility index (Phi) is 2.25. The first-order valence-corrected chi connectivity index (χ1v) is 6.19. The molecule has 0 spiro atoms. The lowest BCUT2D eigenvalue weighted by Crippen LogP contribution is -2.34. The predicted molar refractivity (Wildman–Crippen MR) is 47.7 cm³/mol. The molecule has 0 radical (unpaired) electrons. The van der Waals surface area contributed by atoms with Crippen LogP contribution in [0.25, 0.3) is 0 Å². The zero-order chi connectivity index (χ0) is 9.57. The molecule has 0 aliphatic heterocycles. The number of rotatable bonds is 3. The quantitative estimate of drug-likeness (QED) is 0.711. The summed E-state index contributed by atoms with van der Waals surface area (Å²) in [5, 5.41) is 9.20. The van der Waals surface area contributed by atoms with Gasteiger partial charge in [0.1, 0.15) is 0 Å². The lowest BCUT2D eigenvalue weighted by molar-refractivity contribution is 0.129. The molecule has 1 rings (SSSR count). The van der Waals surface area contributed by atoms with Crippen molar-refractivity contribution in [2.75, 3.05) is 6.26 Å². The third kappa shape index (κ3) is 1.50. The summed E-state index contributed by atoms with van der Waals surface area (Å²) in [7, 11) is -3.09. The van der Waals surface area contributed by atoms with Gasteiger partial charge in [-0.15, -0.1) is 0 Å². The van der Waals surface area contributed by atoms with E-state index in [1.54, 1.807) is 6.92 Å². The van der Waals surface area contributed by atoms with Gasteiger partial charge >= 0.3 is 0 Å². The van der Waals surface area contributed by atoms with Gasteiger partial charge in [0.15, 0.2) is 9.84 Å². The molecular formula is C8H16O3S. The maximum atomic E-state index is 11.1. The van der Waals surface area contributed by atoms with E-state index in [4.69, 9.17) is 0 Å². The molecule has 4 heteroatoms. The van der Waals surface area contributed by atoms with Crippen molar-refractivity contribution in [3.8, 4) is 0 Å². The average molecular weight is 192 g/mol. The van der Waals surface area contributed by atoms with Crippen LogP contribution in [0.4, 0.5) is 0 Å². The van der Waals surface area contributed by atoms with E-state index in [2.05, 4.69) is 0 Å². The molecule has 0 heterocycles. The lowest BCUT2D eigenvalue weighted by Gasteiger charge is -2.17. The van der Waals surface area contributed by atoms with Gasteiger partial charge in [-0.25, -0.2) is 8.42 Å². The normalized spacial score (nSPS) is 37.8. The summed E-state index contributed by atoms with van der Waals surface area (Å²) >= 11 is 0. The summed E-state index contributed by atoms with van der Waals surface area (Å²) in [4.78, 5) is 0. The summed E-state index contributed by atoms with van der Waals surface area (Å²) in [6, 6.07) is 0. The fraction of sp³-hybridized carbons (Fsp3) is 1.00. The molecule has 1 fully saturated rings. The molecule has 3 unspecified atom stereocenters. The molecule has 0 bridgehead atoms. The number of sulfone groups is 1. The van der Waals surface area contributed by atoms with Crippen molar-refractivity contribution in [3.63, 3.8) is 0 Å². The molecule has 1 aliphatic rings. The molecule has 1 saturated carbocycles. The monoisotopic (exact) mass is 192 g/mol. The zero-order valence-electron chi connectivity index (χ0n) is 7.74. The second kappa shape index (κ2) is 2.70. The summed E-state index contributed by atoms with van der Waals surface area (Å²) in [6.45, 7) is 3.56. The molecule has 3 atom stereocenters. The predicted octanol–water partition coefficient (Wildman–Crippen LogP) is 0.581. The van der Waals surface area contributed by atoms with Crippen LogP contribution in [-0.4, -0.2) is 30.6 Å². The first kappa shape index (κ1) is 9.99. The highest BCUT2D eigenvalue weighted by atomic mass is 32.2.